The van der Waals surface area contributed by atoms with Gasteiger partial charge in [-0.3, -0.25) is 0 Å². The number of likely N-dealkylation sites (N-methyl/N-ethyl adjacent to an activating group) is 2. The lowest BCUT2D eigenvalue weighted by Gasteiger charge is -2.15. The van der Waals surface area contributed by atoms with Gasteiger partial charge < -0.3 is 15.5 Å². The van der Waals surface area contributed by atoms with Gasteiger partial charge in [-0.05, 0) is 27.0 Å². The number of aromatic nitrogens is 1. The van der Waals surface area contributed by atoms with Gasteiger partial charge in [-0.15, -0.1) is 0 Å². The largest absolute Gasteiger partial charge is 0.362 e. The minimum absolute atomic E-state index is 0.558. The standard InChI is InChI=1S/C14H21N7S/c1-4-13(20-14-18-9-12(8-15)22-14)19-10-17-11-21(5-2)7-6-16-3/h4,9-11,16H,5-7H2,1-3H3,(H,18,20)/b13-4+,17-11?,19-10-. The summed E-state index contributed by atoms with van der Waals surface area (Å²) in [4.78, 5) is 15.1. The molecule has 0 saturated heterocycles. The molecule has 22 heavy (non-hydrogen) atoms. The third-order valence-electron chi connectivity index (χ3n) is 2.67. The van der Waals surface area contributed by atoms with Crippen molar-refractivity contribution in [2.24, 2.45) is 9.98 Å². The molecule has 0 fully saturated rings. The average Bonchev–Trinajstić information content (AvgIpc) is 3.00. The maximum absolute atomic E-state index is 8.77. The van der Waals surface area contributed by atoms with Crippen LogP contribution in [0.1, 0.15) is 18.7 Å². The molecule has 1 rings (SSSR count). The Bertz CT molecular complexity index is 568. The summed E-state index contributed by atoms with van der Waals surface area (Å²) in [5.74, 6) is 0.634. The lowest BCUT2D eigenvalue weighted by molar-refractivity contribution is 0.450. The van der Waals surface area contributed by atoms with Gasteiger partial charge in [0.15, 0.2) is 5.13 Å². The Hall–Kier alpha value is -2.24. The Labute approximate surface area is 135 Å². The summed E-state index contributed by atoms with van der Waals surface area (Å²) < 4.78 is 0. The lowest BCUT2D eigenvalue weighted by atomic mass is 10.5. The van der Waals surface area contributed by atoms with Crippen molar-refractivity contribution >= 4 is 29.1 Å². The molecule has 8 heteroatoms. The van der Waals surface area contributed by atoms with Gasteiger partial charge in [-0.1, -0.05) is 11.3 Å². The van der Waals surface area contributed by atoms with Gasteiger partial charge in [0, 0.05) is 19.6 Å². The zero-order valence-corrected chi connectivity index (χ0v) is 13.9. The van der Waals surface area contributed by atoms with Crippen molar-refractivity contribution in [2.75, 3.05) is 32.0 Å². The van der Waals surface area contributed by atoms with Gasteiger partial charge >= 0.3 is 0 Å². The predicted octanol–water partition coefficient (Wildman–Crippen LogP) is 1.89. The van der Waals surface area contributed by atoms with Crippen LogP contribution in [0.25, 0.3) is 0 Å². The van der Waals surface area contributed by atoms with Crippen molar-refractivity contribution in [1.29, 1.82) is 5.26 Å². The molecule has 0 aliphatic heterocycles. The third kappa shape index (κ3) is 6.47. The SMILES string of the molecule is C/C=C(\N=C/N=CN(CC)CCNC)Nc1ncc(C#N)s1. The quantitative estimate of drug-likeness (QED) is 0.536. The van der Waals surface area contributed by atoms with Crippen molar-refractivity contribution in [2.45, 2.75) is 13.8 Å². The molecule has 0 saturated carbocycles. The van der Waals surface area contributed by atoms with Gasteiger partial charge in [-0.25, -0.2) is 15.0 Å². The summed E-state index contributed by atoms with van der Waals surface area (Å²) in [5.41, 5.74) is 0. The maximum Gasteiger partial charge on any atom is 0.189 e. The van der Waals surface area contributed by atoms with Crippen LogP contribution in [0.3, 0.4) is 0 Å². The molecule has 1 aromatic heterocycles. The first-order valence-electron chi connectivity index (χ1n) is 6.97. The first kappa shape index (κ1) is 17.8. The van der Waals surface area contributed by atoms with E-state index in [4.69, 9.17) is 5.26 Å². The number of thiazole rings is 1. The molecule has 0 aromatic carbocycles. The molecule has 0 aliphatic carbocycles. The van der Waals surface area contributed by atoms with E-state index in [2.05, 4.69) is 43.5 Å². The number of nitrogens with zero attached hydrogens (tertiary/aromatic N) is 5. The van der Waals surface area contributed by atoms with Crippen LogP contribution < -0.4 is 10.6 Å². The second-order valence-corrected chi connectivity index (χ2v) is 5.21. The molecular weight excluding hydrogens is 298 g/mol. The highest BCUT2D eigenvalue weighted by Crippen LogP contribution is 2.18. The number of hydrogen-bond acceptors (Lipinski definition) is 6. The fourth-order valence-electron chi connectivity index (χ4n) is 1.44. The minimum Gasteiger partial charge on any atom is -0.362 e. The fourth-order valence-corrected chi connectivity index (χ4v) is 2.07. The van der Waals surface area contributed by atoms with E-state index in [0.29, 0.717) is 15.8 Å². The highest BCUT2D eigenvalue weighted by molar-refractivity contribution is 7.16. The molecule has 7 nitrogen and oxygen atoms in total. The Morgan fingerprint density at radius 3 is 3.00 bits per heavy atom. The third-order valence-corrected chi connectivity index (χ3v) is 3.49. The average molecular weight is 319 g/mol. The van der Waals surface area contributed by atoms with Gasteiger partial charge in [-0.2, -0.15) is 5.26 Å². The van der Waals surface area contributed by atoms with Crippen molar-refractivity contribution in [3.05, 3.63) is 23.0 Å². The van der Waals surface area contributed by atoms with E-state index in [1.165, 1.54) is 23.9 Å². The summed E-state index contributed by atoms with van der Waals surface area (Å²) in [7, 11) is 1.92. The van der Waals surface area contributed by atoms with Crippen molar-refractivity contribution in [1.82, 2.24) is 15.2 Å². The topological polar surface area (TPSA) is 88.7 Å². The number of aliphatic imine (C=N–C) groups is 2. The van der Waals surface area contributed by atoms with Gasteiger partial charge in [0.1, 0.15) is 23.1 Å². The lowest BCUT2D eigenvalue weighted by Crippen LogP contribution is -2.29. The molecule has 0 unspecified atom stereocenters. The van der Waals surface area contributed by atoms with E-state index in [0.717, 1.165) is 19.6 Å². The summed E-state index contributed by atoms with van der Waals surface area (Å²) in [6.45, 7) is 6.64. The summed E-state index contributed by atoms with van der Waals surface area (Å²) in [6.07, 6.45) is 6.61. The summed E-state index contributed by atoms with van der Waals surface area (Å²) in [6, 6.07) is 2.05. The molecule has 0 radical (unpaired) electrons. The van der Waals surface area contributed by atoms with E-state index >= 15 is 0 Å². The monoisotopic (exact) mass is 319 g/mol. The van der Waals surface area contributed by atoms with E-state index in [-0.39, 0.29) is 0 Å². The maximum atomic E-state index is 8.77. The Balaban J connectivity index is 2.53. The highest BCUT2D eigenvalue weighted by atomic mass is 32.1. The molecule has 0 aliphatic rings. The smallest absolute Gasteiger partial charge is 0.189 e. The minimum atomic E-state index is 0.558. The van der Waals surface area contributed by atoms with Crippen LogP contribution in [0.4, 0.5) is 5.13 Å². The van der Waals surface area contributed by atoms with Crippen LogP contribution in [0.5, 0.6) is 0 Å². The highest BCUT2D eigenvalue weighted by Gasteiger charge is 2.01. The molecular formula is C14H21N7S. The predicted molar refractivity (Wildman–Crippen MR) is 92.4 cm³/mol. The second kappa shape index (κ2) is 10.5. The van der Waals surface area contributed by atoms with E-state index in [1.807, 2.05) is 20.0 Å². The first-order chi connectivity index (χ1) is 10.7. The van der Waals surface area contributed by atoms with Gasteiger partial charge in [0.2, 0.25) is 0 Å². The molecule has 2 N–H and O–H groups in total. The number of hydrogen-bond donors (Lipinski definition) is 2. The normalized spacial score (nSPS) is 12.0. The zero-order valence-electron chi connectivity index (χ0n) is 13.1. The molecule has 0 amide bonds. The Morgan fingerprint density at radius 2 is 2.41 bits per heavy atom. The molecule has 0 bridgehead atoms. The van der Waals surface area contributed by atoms with E-state index in [1.54, 1.807) is 6.34 Å². The summed E-state index contributed by atoms with van der Waals surface area (Å²) in [5, 5.41) is 15.5. The van der Waals surface area contributed by atoms with Crippen LogP contribution in [0.15, 0.2) is 28.1 Å². The molecule has 1 heterocycles. The molecule has 118 valence electrons. The molecule has 0 atom stereocenters. The van der Waals surface area contributed by atoms with Crippen molar-refractivity contribution < 1.29 is 0 Å². The fraction of sp³-hybridized carbons (Fsp3) is 0.429. The Kier molecular flexibility index (Phi) is 8.49. The number of anilines is 1. The second-order valence-electron chi connectivity index (χ2n) is 4.18. The van der Waals surface area contributed by atoms with Crippen LogP contribution >= 0.6 is 11.3 Å². The molecule has 0 spiro atoms. The number of nitrogens with one attached hydrogen (secondary N) is 2. The van der Waals surface area contributed by atoms with Gasteiger partial charge in [0.05, 0.1) is 12.5 Å². The number of nitriles is 1. The van der Waals surface area contributed by atoms with Gasteiger partial charge in [0.25, 0.3) is 0 Å². The summed E-state index contributed by atoms with van der Waals surface area (Å²) >= 11 is 1.28. The molecule has 1 aromatic rings. The van der Waals surface area contributed by atoms with Crippen LogP contribution in [-0.2, 0) is 0 Å². The number of allylic oxidation sites excluding steroid dienone is 1. The van der Waals surface area contributed by atoms with E-state index in [9.17, 15) is 0 Å². The van der Waals surface area contributed by atoms with Crippen molar-refractivity contribution in [3.8, 4) is 6.07 Å². The van der Waals surface area contributed by atoms with Crippen LogP contribution in [0, 0.1) is 11.3 Å². The number of rotatable bonds is 9. The van der Waals surface area contributed by atoms with E-state index < -0.39 is 0 Å². The van der Waals surface area contributed by atoms with Crippen molar-refractivity contribution in [3.63, 3.8) is 0 Å². The zero-order chi connectivity index (χ0) is 16.2. The van der Waals surface area contributed by atoms with Crippen LogP contribution in [-0.4, -0.2) is 49.2 Å². The Morgan fingerprint density at radius 1 is 1.59 bits per heavy atom. The van der Waals surface area contributed by atoms with Crippen LogP contribution in [0.2, 0.25) is 0 Å². The first-order valence-corrected chi connectivity index (χ1v) is 7.78.